The van der Waals surface area contributed by atoms with Gasteiger partial charge in [0.15, 0.2) is 0 Å². The molecular formula is C6H19O9P3. The minimum absolute atomic E-state index is 0.535. The van der Waals surface area contributed by atoms with Crippen LogP contribution in [0.5, 0.6) is 0 Å². The largest absolute Gasteiger partial charge is 0.476 e. The van der Waals surface area contributed by atoms with Crippen LogP contribution in [0, 0.1) is 0 Å². The molecule has 0 aliphatic carbocycles. The normalized spacial score (nSPS) is 16.2. The molecule has 0 fully saturated rings. The second-order valence-electron chi connectivity index (χ2n) is 3.91. The minimum Gasteiger partial charge on any atom is -0.324 e. The molecule has 0 bridgehead atoms. The Labute approximate surface area is 105 Å². The Balaban J connectivity index is 0. The van der Waals surface area contributed by atoms with Crippen LogP contribution in [0.3, 0.4) is 0 Å². The van der Waals surface area contributed by atoms with E-state index in [0.717, 1.165) is 0 Å². The summed E-state index contributed by atoms with van der Waals surface area (Å²) in [5, 5.41) is 0. The molecule has 0 aromatic heterocycles. The Hall–Kier alpha value is 0.450. The molecule has 0 amide bonds. The van der Waals surface area contributed by atoms with Gasteiger partial charge in [0.25, 0.3) is 0 Å². The van der Waals surface area contributed by atoms with Crippen molar-refractivity contribution in [1.82, 2.24) is 0 Å². The van der Waals surface area contributed by atoms with Crippen LogP contribution in [-0.4, -0.2) is 35.8 Å². The lowest BCUT2D eigenvalue weighted by Crippen LogP contribution is -1.99. The molecule has 0 aromatic carbocycles. The summed E-state index contributed by atoms with van der Waals surface area (Å²) in [6.45, 7) is 5.63. The van der Waals surface area contributed by atoms with E-state index in [1.165, 1.54) is 27.7 Å². The molecule has 1 atom stereocenters. The van der Waals surface area contributed by atoms with Crippen molar-refractivity contribution in [2.24, 2.45) is 0 Å². The van der Waals surface area contributed by atoms with Crippen LogP contribution in [0.2, 0.25) is 0 Å². The van der Waals surface area contributed by atoms with Gasteiger partial charge in [0, 0.05) is 0 Å². The Morgan fingerprint density at radius 1 is 0.778 bits per heavy atom. The molecule has 5 N–H and O–H groups in total. The first-order valence-electron chi connectivity index (χ1n) is 4.74. The number of hydrogen-bond acceptors (Lipinski definition) is 4. The quantitative estimate of drug-likeness (QED) is 0.478. The molecule has 1 unspecified atom stereocenters. The maximum absolute atomic E-state index is 10.8. The fraction of sp³-hybridized carbons (Fsp3) is 1.00. The third-order valence-corrected chi connectivity index (χ3v) is 5.99. The van der Waals surface area contributed by atoms with Gasteiger partial charge in [0.2, 0.25) is 0 Å². The van der Waals surface area contributed by atoms with Crippen molar-refractivity contribution in [2.75, 3.05) is 0 Å². The maximum atomic E-state index is 10.8. The first-order chi connectivity index (χ1) is 7.59. The van der Waals surface area contributed by atoms with Crippen LogP contribution < -0.4 is 0 Å². The topological polar surface area (TPSA) is 162 Å². The summed E-state index contributed by atoms with van der Waals surface area (Å²) in [5.41, 5.74) is -1.36. The highest BCUT2D eigenvalue weighted by Gasteiger charge is 2.33. The van der Waals surface area contributed by atoms with Crippen molar-refractivity contribution in [3.05, 3.63) is 0 Å². The van der Waals surface area contributed by atoms with E-state index in [9.17, 15) is 13.7 Å². The van der Waals surface area contributed by atoms with Crippen molar-refractivity contribution in [1.29, 1.82) is 0 Å². The minimum atomic E-state index is -4.85. The highest BCUT2D eigenvalue weighted by molar-refractivity contribution is 7.64. The molecule has 9 nitrogen and oxygen atoms in total. The van der Waals surface area contributed by atoms with Crippen LogP contribution in [-0.2, 0) is 18.0 Å². The summed E-state index contributed by atoms with van der Waals surface area (Å²) in [6.07, 6.45) is 0. The zero-order valence-corrected chi connectivity index (χ0v) is 13.0. The van der Waals surface area contributed by atoms with E-state index in [1.807, 2.05) is 0 Å². The first kappa shape index (κ1) is 20.8. The average molecular weight is 328 g/mol. The molecule has 0 saturated heterocycles. The summed E-state index contributed by atoms with van der Waals surface area (Å²) in [4.78, 5) is 41.5. The van der Waals surface area contributed by atoms with Crippen molar-refractivity contribution in [3.8, 4) is 0 Å². The third kappa shape index (κ3) is 11.5. The predicted molar refractivity (Wildman–Crippen MR) is 65.3 cm³/mol. The molecule has 112 valence electrons. The SMILES string of the molecule is CC(C)P(=O)(O)O.CC(C)P(=O)(O)OP(=O)(O)O. The van der Waals surface area contributed by atoms with Crippen LogP contribution in [0.15, 0.2) is 0 Å². The van der Waals surface area contributed by atoms with Gasteiger partial charge in [-0.3, -0.25) is 9.13 Å². The Kier molecular flexibility index (Phi) is 8.41. The fourth-order valence-corrected chi connectivity index (χ4v) is 2.22. The summed E-state index contributed by atoms with van der Waals surface area (Å²) in [5.74, 6) is 0. The van der Waals surface area contributed by atoms with E-state index in [2.05, 4.69) is 4.31 Å². The third-order valence-electron chi connectivity index (χ3n) is 1.55. The molecule has 18 heavy (non-hydrogen) atoms. The van der Waals surface area contributed by atoms with E-state index >= 15 is 0 Å². The number of hydrogen-bond donors (Lipinski definition) is 5. The maximum Gasteiger partial charge on any atom is 0.476 e. The molecule has 0 aliphatic rings. The van der Waals surface area contributed by atoms with Crippen LogP contribution in [0.1, 0.15) is 27.7 Å². The molecular weight excluding hydrogens is 309 g/mol. The Morgan fingerprint density at radius 3 is 1.11 bits per heavy atom. The van der Waals surface area contributed by atoms with Gasteiger partial charge in [-0.2, -0.15) is 0 Å². The first-order valence-corrected chi connectivity index (χ1v) is 9.60. The molecule has 12 heteroatoms. The highest BCUT2D eigenvalue weighted by atomic mass is 31.3. The monoisotopic (exact) mass is 328 g/mol. The van der Waals surface area contributed by atoms with Crippen LogP contribution >= 0.6 is 23.0 Å². The van der Waals surface area contributed by atoms with E-state index in [0.29, 0.717) is 0 Å². The Bertz CT molecular complexity index is 378. The fourth-order valence-electron chi connectivity index (χ4n) is 0.247. The van der Waals surface area contributed by atoms with Crippen molar-refractivity contribution >= 4 is 23.0 Å². The van der Waals surface area contributed by atoms with Gasteiger partial charge in [-0.05, 0) is 0 Å². The predicted octanol–water partition coefficient (Wildman–Crippen LogP) is 1.26. The zero-order valence-electron chi connectivity index (χ0n) is 10.4. The standard InChI is InChI=1S/C3H10O6P2.C3H9O3P/c1-3(2)10(4,5)9-11(6,7)8;1-3(2)7(4,5)6/h3H,1-2H3,(H,4,5)(H2,6,7,8);3H,1-2H3,(H2,4,5,6). The van der Waals surface area contributed by atoms with E-state index in [4.69, 9.17) is 24.5 Å². The lowest BCUT2D eigenvalue weighted by Gasteiger charge is -2.14. The second kappa shape index (κ2) is 7.29. The lowest BCUT2D eigenvalue weighted by atomic mass is 10.6. The molecule has 0 rings (SSSR count). The van der Waals surface area contributed by atoms with Gasteiger partial charge >= 0.3 is 23.0 Å². The lowest BCUT2D eigenvalue weighted by molar-refractivity contribution is 0.260. The number of rotatable bonds is 4. The van der Waals surface area contributed by atoms with Crippen LogP contribution in [0.25, 0.3) is 0 Å². The van der Waals surface area contributed by atoms with Crippen molar-refractivity contribution in [2.45, 2.75) is 39.0 Å². The van der Waals surface area contributed by atoms with E-state index < -0.39 is 34.3 Å². The summed E-state index contributed by atoms with van der Waals surface area (Å²) >= 11 is 0. The summed E-state index contributed by atoms with van der Waals surface area (Å²) in [7, 11) is -12.7. The van der Waals surface area contributed by atoms with Gasteiger partial charge in [0.1, 0.15) is 0 Å². The van der Waals surface area contributed by atoms with E-state index in [-0.39, 0.29) is 0 Å². The molecule has 0 radical (unpaired) electrons. The zero-order chi connectivity index (χ0) is 15.4. The van der Waals surface area contributed by atoms with Crippen molar-refractivity contribution in [3.63, 3.8) is 0 Å². The molecule has 0 aliphatic heterocycles. The van der Waals surface area contributed by atoms with Crippen molar-refractivity contribution < 1.29 is 42.5 Å². The van der Waals surface area contributed by atoms with Gasteiger partial charge in [-0.15, -0.1) is 0 Å². The van der Waals surface area contributed by atoms with Gasteiger partial charge in [-0.1, -0.05) is 27.7 Å². The average Bonchev–Trinajstić information content (AvgIpc) is 1.97. The van der Waals surface area contributed by atoms with Gasteiger partial charge < -0.3 is 24.5 Å². The van der Waals surface area contributed by atoms with Gasteiger partial charge in [0.05, 0.1) is 11.3 Å². The Morgan fingerprint density at radius 2 is 1.06 bits per heavy atom. The van der Waals surface area contributed by atoms with Crippen LogP contribution in [0.4, 0.5) is 0 Å². The molecule has 0 heterocycles. The molecule has 0 saturated carbocycles. The second-order valence-corrected chi connectivity index (χ2v) is 9.92. The molecule has 0 spiro atoms. The smallest absolute Gasteiger partial charge is 0.324 e. The number of phosphoric acid groups is 1. The summed E-state index contributed by atoms with van der Waals surface area (Å²) in [6, 6.07) is 0. The molecule has 0 aromatic rings. The highest BCUT2D eigenvalue weighted by Crippen LogP contribution is 2.59. The summed E-state index contributed by atoms with van der Waals surface area (Å²) < 4.78 is 34.6. The van der Waals surface area contributed by atoms with Gasteiger partial charge in [-0.25, -0.2) is 8.88 Å². The van der Waals surface area contributed by atoms with E-state index in [1.54, 1.807) is 0 Å².